The molecule has 0 aromatic rings. The molecule has 1 saturated heterocycles. The van der Waals surface area contributed by atoms with Gasteiger partial charge in [-0.2, -0.15) is 0 Å². The number of rotatable bonds is 1. The third kappa shape index (κ3) is 2.50. The highest BCUT2D eigenvalue weighted by Gasteiger charge is 2.41. The summed E-state index contributed by atoms with van der Waals surface area (Å²) < 4.78 is 4.70. The summed E-state index contributed by atoms with van der Waals surface area (Å²) in [4.78, 5) is 0. The lowest BCUT2D eigenvalue weighted by atomic mass is 9.98. The molecule has 5 atom stereocenters. The lowest BCUT2D eigenvalue weighted by Gasteiger charge is -2.38. The molecule has 0 aromatic heterocycles. The Hall–Kier alpha value is 0.0500. The average molecular weight is 216 g/mol. The van der Waals surface area contributed by atoms with E-state index in [4.69, 9.17) is 20.7 Å². The number of aliphatic hydroxyl groups is 4. The Bertz CT molecular complexity index is 155. The van der Waals surface area contributed by atoms with Crippen molar-refractivity contribution in [2.45, 2.75) is 30.6 Å². The predicted molar refractivity (Wildman–Crippen MR) is 45.2 cm³/mol. The van der Waals surface area contributed by atoms with Crippen molar-refractivity contribution in [3.8, 4) is 0 Å². The van der Waals surface area contributed by atoms with Crippen molar-refractivity contribution >= 4 is 12.4 Å². The molecule has 7 heteroatoms. The van der Waals surface area contributed by atoms with Crippen LogP contribution in [0.15, 0.2) is 0 Å². The fraction of sp³-hybridized carbons (Fsp3) is 1.00. The standard InChI is InChI=1S/C6H13NO5.ClH/c7-3-5(10)4(9)2(1-8)12-6(3)11;/h2-6,8-11H,1,7H2;1H/t2-,3?,4+,5-,6?;/m1./s1. The molecule has 1 aliphatic rings. The molecule has 13 heavy (non-hydrogen) atoms. The van der Waals surface area contributed by atoms with Crippen LogP contribution in [0, 0.1) is 0 Å². The van der Waals surface area contributed by atoms with Gasteiger partial charge in [0.2, 0.25) is 0 Å². The van der Waals surface area contributed by atoms with Crippen LogP contribution in [0.1, 0.15) is 0 Å². The minimum absolute atomic E-state index is 0. The Morgan fingerprint density at radius 2 is 1.69 bits per heavy atom. The first-order valence-corrected chi connectivity index (χ1v) is 3.64. The first kappa shape index (κ1) is 13.1. The maximum atomic E-state index is 9.20. The van der Waals surface area contributed by atoms with Crippen molar-refractivity contribution in [3.05, 3.63) is 0 Å². The molecule has 80 valence electrons. The minimum atomic E-state index is -1.35. The van der Waals surface area contributed by atoms with E-state index in [2.05, 4.69) is 0 Å². The molecule has 0 radical (unpaired) electrons. The highest BCUT2D eigenvalue weighted by Crippen LogP contribution is 2.17. The minimum Gasteiger partial charge on any atom is -0.394 e. The highest BCUT2D eigenvalue weighted by atomic mass is 35.5. The van der Waals surface area contributed by atoms with Crippen molar-refractivity contribution in [3.63, 3.8) is 0 Å². The van der Waals surface area contributed by atoms with E-state index in [9.17, 15) is 10.2 Å². The monoisotopic (exact) mass is 215 g/mol. The average Bonchev–Trinajstić information content (AvgIpc) is 2.08. The Balaban J connectivity index is 0.00000144. The van der Waals surface area contributed by atoms with Crippen LogP contribution in [0.3, 0.4) is 0 Å². The molecule has 6 N–H and O–H groups in total. The maximum Gasteiger partial charge on any atom is 0.173 e. The Morgan fingerprint density at radius 3 is 2.15 bits per heavy atom. The topological polar surface area (TPSA) is 116 Å². The fourth-order valence-corrected chi connectivity index (χ4v) is 1.12. The third-order valence-corrected chi connectivity index (χ3v) is 1.95. The normalized spacial score (nSPS) is 45.5. The summed E-state index contributed by atoms with van der Waals surface area (Å²) in [6, 6.07) is -1.04. The lowest BCUT2D eigenvalue weighted by molar-refractivity contribution is -0.248. The molecule has 0 bridgehead atoms. The first-order valence-electron chi connectivity index (χ1n) is 3.64. The van der Waals surface area contributed by atoms with Gasteiger partial charge in [0.25, 0.3) is 0 Å². The Kier molecular flexibility index (Phi) is 5.08. The van der Waals surface area contributed by atoms with Gasteiger partial charge in [0, 0.05) is 0 Å². The van der Waals surface area contributed by atoms with Crippen LogP contribution in [-0.2, 0) is 4.74 Å². The maximum absolute atomic E-state index is 9.20. The van der Waals surface area contributed by atoms with Crippen LogP contribution in [0.25, 0.3) is 0 Å². The highest BCUT2D eigenvalue weighted by molar-refractivity contribution is 5.85. The summed E-state index contributed by atoms with van der Waals surface area (Å²) in [5, 5.41) is 36.1. The number of aliphatic hydroxyl groups excluding tert-OH is 4. The zero-order chi connectivity index (χ0) is 9.30. The van der Waals surface area contributed by atoms with Crippen LogP contribution in [-0.4, -0.2) is 57.7 Å². The predicted octanol–water partition coefficient (Wildman–Crippen LogP) is -2.83. The number of ether oxygens (including phenoxy) is 1. The van der Waals surface area contributed by atoms with Crippen LogP contribution >= 0.6 is 12.4 Å². The van der Waals surface area contributed by atoms with Crippen molar-refractivity contribution in [1.29, 1.82) is 0 Å². The van der Waals surface area contributed by atoms with E-state index in [-0.39, 0.29) is 12.4 Å². The molecule has 1 fully saturated rings. The quantitative estimate of drug-likeness (QED) is 0.322. The van der Waals surface area contributed by atoms with Gasteiger partial charge in [-0.1, -0.05) is 0 Å². The SMILES string of the molecule is Cl.NC1C(O)O[C@H](CO)[C@H](O)[C@@H]1O. The largest absolute Gasteiger partial charge is 0.394 e. The van der Waals surface area contributed by atoms with Crippen LogP contribution in [0.5, 0.6) is 0 Å². The molecule has 0 saturated carbocycles. The molecular formula is C6H14ClNO5. The number of hydrogen-bond acceptors (Lipinski definition) is 6. The summed E-state index contributed by atoms with van der Waals surface area (Å²) in [5.74, 6) is 0. The Morgan fingerprint density at radius 1 is 1.15 bits per heavy atom. The van der Waals surface area contributed by atoms with Gasteiger partial charge in [-0.15, -0.1) is 12.4 Å². The van der Waals surface area contributed by atoms with E-state index in [0.717, 1.165) is 0 Å². The van der Waals surface area contributed by atoms with Crippen molar-refractivity contribution in [2.75, 3.05) is 6.61 Å². The van der Waals surface area contributed by atoms with Gasteiger partial charge >= 0.3 is 0 Å². The van der Waals surface area contributed by atoms with Gasteiger partial charge in [0.05, 0.1) is 12.6 Å². The molecule has 6 nitrogen and oxygen atoms in total. The summed E-state index contributed by atoms with van der Waals surface area (Å²) in [6.45, 7) is -0.470. The number of halogens is 1. The molecule has 1 heterocycles. The van der Waals surface area contributed by atoms with E-state index in [1.807, 2.05) is 0 Å². The summed E-state index contributed by atoms with van der Waals surface area (Å²) in [7, 11) is 0. The molecular weight excluding hydrogens is 202 g/mol. The van der Waals surface area contributed by atoms with E-state index in [0.29, 0.717) is 0 Å². The van der Waals surface area contributed by atoms with Crippen LogP contribution < -0.4 is 5.73 Å². The van der Waals surface area contributed by atoms with Gasteiger partial charge in [-0.05, 0) is 0 Å². The molecule has 0 amide bonds. The van der Waals surface area contributed by atoms with Gasteiger partial charge in [0.1, 0.15) is 18.3 Å². The Labute approximate surface area is 81.3 Å². The number of nitrogens with two attached hydrogens (primary N) is 1. The second-order valence-corrected chi connectivity index (χ2v) is 2.81. The second kappa shape index (κ2) is 5.06. The van der Waals surface area contributed by atoms with Gasteiger partial charge in [-0.3, -0.25) is 0 Å². The molecule has 1 rings (SSSR count). The second-order valence-electron chi connectivity index (χ2n) is 2.81. The zero-order valence-corrected chi connectivity index (χ0v) is 7.59. The summed E-state index contributed by atoms with van der Waals surface area (Å²) in [5.41, 5.74) is 5.26. The van der Waals surface area contributed by atoms with Crippen molar-refractivity contribution in [2.24, 2.45) is 5.73 Å². The molecule has 0 aliphatic carbocycles. The van der Waals surface area contributed by atoms with E-state index < -0.39 is 37.3 Å². The molecule has 2 unspecified atom stereocenters. The molecule has 1 aliphatic heterocycles. The summed E-state index contributed by atoms with van der Waals surface area (Å²) in [6.07, 6.45) is -4.85. The fourth-order valence-electron chi connectivity index (χ4n) is 1.12. The first-order chi connectivity index (χ1) is 5.57. The zero-order valence-electron chi connectivity index (χ0n) is 6.78. The lowest BCUT2D eigenvalue weighted by Crippen LogP contribution is -2.61. The van der Waals surface area contributed by atoms with Gasteiger partial charge in [0.15, 0.2) is 6.29 Å². The third-order valence-electron chi connectivity index (χ3n) is 1.95. The van der Waals surface area contributed by atoms with Crippen LogP contribution in [0.4, 0.5) is 0 Å². The van der Waals surface area contributed by atoms with E-state index in [1.165, 1.54) is 0 Å². The number of hydrogen-bond donors (Lipinski definition) is 5. The molecule has 0 spiro atoms. The molecule has 0 aromatic carbocycles. The van der Waals surface area contributed by atoms with Crippen molar-refractivity contribution < 1.29 is 25.2 Å². The van der Waals surface area contributed by atoms with Gasteiger partial charge < -0.3 is 30.9 Å². The van der Waals surface area contributed by atoms with E-state index in [1.54, 1.807) is 0 Å². The van der Waals surface area contributed by atoms with Crippen molar-refractivity contribution in [1.82, 2.24) is 0 Å². The smallest absolute Gasteiger partial charge is 0.173 e. The van der Waals surface area contributed by atoms with Gasteiger partial charge in [-0.25, -0.2) is 0 Å². The summed E-state index contributed by atoms with van der Waals surface area (Å²) >= 11 is 0. The van der Waals surface area contributed by atoms with Crippen LogP contribution in [0.2, 0.25) is 0 Å². The van der Waals surface area contributed by atoms with E-state index >= 15 is 0 Å².